The molecule has 0 spiro atoms. The average molecular weight is 338 g/mol. The first-order valence-corrected chi connectivity index (χ1v) is 8.56. The van der Waals surface area contributed by atoms with E-state index in [0.29, 0.717) is 17.3 Å². The molecule has 5 heteroatoms. The number of carbonyl (C=O) groups excluding carboxylic acids is 1. The lowest BCUT2D eigenvalue weighted by atomic mass is 10.1. The second kappa shape index (κ2) is 7.27. The Labute approximate surface area is 145 Å². The van der Waals surface area contributed by atoms with Gasteiger partial charge in [-0.3, -0.25) is 10.1 Å². The van der Waals surface area contributed by atoms with Crippen LogP contribution in [0.4, 0.5) is 5.13 Å². The van der Waals surface area contributed by atoms with Crippen LogP contribution in [0.25, 0.3) is 11.3 Å². The number of nitrogens with one attached hydrogen (secondary N) is 1. The van der Waals surface area contributed by atoms with Gasteiger partial charge in [-0.05, 0) is 38.1 Å². The van der Waals surface area contributed by atoms with Crippen molar-refractivity contribution in [2.75, 3.05) is 11.9 Å². The predicted octanol–water partition coefficient (Wildman–Crippen LogP) is 4.77. The second-order valence-corrected chi connectivity index (χ2v) is 6.40. The highest BCUT2D eigenvalue weighted by Crippen LogP contribution is 2.30. The van der Waals surface area contributed by atoms with E-state index >= 15 is 0 Å². The van der Waals surface area contributed by atoms with E-state index in [2.05, 4.69) is 10.3 Å². The zero-order valence-corrected chi connectivity index (χ0v) is 14.4. The number of anilines is 1. The summed E-state index contributed by atoms with van der Waals surface area (Å²) in [6.07, 6.45) is 0. The molecule has 3 rings (SSSR count). The van der Waals surface area contributed by atoms with Crippen molar-refractivity contribution in [3.8, 4) is 17.0 Å². The molecule has 0 saturated carbocycles. The fraction of sp³-hybridized carbons (Fsp3) is 0.158. The van der Waals surface area contributed by atoms with Crippen LogP contribution in [-0.2, 0) is 0 Å². The first-order valence-electron chi connectivity index (χ1n) is 7.74. The van der Waals surface area contributed by atoms with Crippen molar-refractivity contribution in [1.29, 1.82) is 0 Å². The van der Waals surface area contributed by atoms with Crippen LogP contribution in [0.2, 0.25) is 0 Å². The van der Waals surface area contributed by atoms with Crippen molar-refractivity contribution in [2.45, 2.75) is 13.8 Å². The highest BCUT2D eigenvalue weighted by Gasteiger charge is 2.13. The van der Waals surface area contributed by atoms with Gasteiger partial charge in [0.15, 0.2) is 5.13 Å². The zero-order valence-electron chi connectivity index (χ0n) is 13.6. The maximum Gasteiger partial charge on any atom is 0.257 e. The fourth-order valence-corrected chi connectivity index (χ4v) is 3.18. The summed E-state index contributed by atoms with van der Waals surface area (Å²) in [6.45, 7) is 4.54. The number of nitrogens with zero attached hydrogens (tertiary/aromatic N) is 1. The molecule has 1 heterocycles. The van der Waals surface area contributed by atoms with E-state index in [-0.39, 0.29) is 5.91 Å². The van der Waals surface area contributed by atoms with E-state index in [1.165, 1.54) is 11.3 Å². The molecule has 0 aliphatic rings. The Hall–Kier alpha value is -2.66. The lowest BCUT2D eigenvalue weighted by molar-refractivity contribution is 0.102. The van der Waals surface area contributed by atoms with E-state index in [9.17, 15) is 4.79 Å². The molecule has 24 heavy (non-hydrogen) atoms. The molecule has 1 N–H and O–H groups in total. The van der Waals surface area contributed by atoms with Crippen molar-refractivity contribution >= 4 is 22.4 Å². The van der Waals surface area contributed by atoms with Crippen LogP contribution in [0.3, 0.4) is 0 Å². The summed E-state index contributed by atoms with van der Waals surface area (Å²) in [5.74, 6) is 0.580. The van der Waals surface area contributed by atoms with Crippen LogP contribution in [0.5, 0.6) is 5.75 Å². The van der Waals surface area contributed by atoms with Gasteiger partial charge in [0, 0.05) is 16.0 Å². The summed E-state index contributed by atoms with van der Waals surface area (Å²) in [4.78, 5) is 18.0. The van der Waals surface area contributed by atoms with Crippen LogP contribution < -0.4 is 10.1 Å². The molecule has 0 aliphatic heterocycles. The highest BCUT2D eigenvalue weighted by atomic mass is 32.1. The number of aryl methyl sites for hydroxylation is 1. The van der Waals surface area contributed by atoms with E-state index in [1.54, 1.807) is 24.3 Å². The van der Waals surface area contributed by atoms with Crippen LogP contribution in [0.1, 0.15) is 22.2 Å². The fourth-order valence-electron chi connectivity index (χ4n) is 2.35. The molecule has 0 atom stereocenters. The van der Waals surface area contributed by atoms with Gasteiger partial charge in [0.1, 0.15) is 5.75 Å². The molecule has 0 aliphatic carbocycles. The summed E-state index contributed by atoms with van der Waals surface area (Å²) < 4.78 is 5.38. The van der Waals surface area contributed by atoms with Gasteiger partial charge in [0.2, 0.25) is 0 Å². The molecular formula is C19H18N2O2S. The minimum absolute atomic E-state index is 0.175. The maximum atomic E-state index is 12.4. The number of hydrogen-bond acceptors (Lipinski definition) is 4. The van der Waals surface area contributed by atoms with Crippen LogP contribution in [0, 0.1) is 6.92 Å². The van der Waals surface area contributed by atoms with E-state index < -0.39 is 0 Å². The molecule has 3 aromatic rings. The van der Waals surface area contributed by atoms with E-state index in [0.717, 1.165) is 21.9 Å². The Morgan fingerprint density at radius 1 is 1.12 bits per heavy atom. The smallest absolute Gasteiger partial charge is 0.257 e. The first-order chi connectivity index (χ1) is 11.7. The Morgan fingerprint density at radius 2 is 1.83 bits per heavy atom. The van der Waals surface area contributed by atoms with E-state index in [4.69, 9.17) is 4.74 Å². The standard InChI is InChI=1S/C19H18N2O2S/c1-3-23-16-11-9-15(10-12-16)18(22)21-19-20-17(13(2)24-19)14-7-5-4-6-8-14/h4-12H,3H2,1-2H3,(H,20,21,22). The first kappa shape index (κ1) is 16.2. The second-order valence-electron chi connectivity index (χ2n) is 5.20. The number of hydrogen-bond donors (Lipinski definition) is 1. The summed E-state index contributed by atoms with van der Waals surface area (Å²) in [6, 6.07) is 17.0. The third-order valence-corrected chi connectivity index (χ3v) is 4.38. The van der Waals surface area contributed by atoms with Gasteiger partial charge in [0.25, 0.3) is 5.91 Å². The average Bonchev–Trinajstić information content (AvgIpc) is 2.97. The monoisotopic (exact) mass is 338 g/mol. The van der Waals surface area contributed by atoms with Crippen molar-refractivity contribution in [3.05, 3.63) is 65.0 Å². The normalized spacial score (nSPS) is 10.4. The Balaban J connectivity index is 1.75. The SMILES string of the molecule is CCOc1ccc(C(=O)Nc2nc(-c3ccccc3)c(C)s2)cc1. The summed E-state index contributed by atoms with van der Waals surface area (Å²) in [5.41, 5.74) is 2.53. The molecule has 1 amide bonds. The van der Waals surface area contributed by atoms with Crippen molar-refractivity contribution < 1.29 is 9.53 Å². The highest BCUT2D eigenvalue weighted by molar-refractivity contribution is 7.16. The quantitative estimate of drug-likeness (QED) is 0.729. The largest absolute Gasteiger partial charge is 0.494 e. The number of thiazole rings is 1. The minimum atomic E-state index is -0.175. The van der Waals surface area contributed by atoms with Crippen LogP contribution >= 0.6 is 11.3 Å². The Kier molecular flexibility index (Phi) is 4.91. The molecule has 0 radical (unpaired) electrons. The molecule has 1 aromatic heterocycles. The van der Waals surface area contributed by atoms with Gasteiger partial charge in [-0.15, -0.1) is 11.3 Å². The maximum absolute atomic E-state index is 12.4. The lowest BCUT2D eigenvalue weighted by Crippen LogP contribution is -2.11. The molecule has 0 fully saturated rings. The number of carbonyl (C=O) groups is 1. The molecule has 0 bridgehead atoms. The number of aromatic nitrogens is 1. The van der Waals surface area contributed by atoms with Gasteiger partial charge in [-0.2, -0.15) is 0 Å². The van der Waals surface area contributed by atoms with Gasteiger partial charge >= 0.3 is 0 Å². The summed E-state index contributed by atoms with van der Waals surface area (Å²) in [7, 11) is 0. The number of amides is 1. The topological polar surface area (TPSA) is 51.2 Å². The Morgan fingerprint density at radius 3 is 2.50 bits per heavy atom. The van der Waals surface area contributed by atoms with Crippen LogP contribution in [-0.4, -0.2) is 17.5 Å². The lowest BCUT2D eigenvalue weighted by Gasteiger charge is -2.04. The zero-order chi connectivity index (χ0) is 16.9. The van der Waals surface area contributed by atoms with Crippen molar-refractivity contribution in [1.82, 2.24) is 4.98 Å². The molecule has 0 saturated heterocycles. The molecule has 122 valence electrons. The third kappa shape index (κ3) is 3.63. The van der Waals surface area contributed by atoms with E-state index in [1.807, 2.05) is 44.2 Å². The predicted molar refractivity (Wildman–Crippen MR) is 97.9 cm³/mol. The summed E-state index contributed by atoms with van der Waals surface area (Å²) in [5, 5.41) is 3.47. The van der Waals surface area contributed by atoms with Gasteiger partial charge in [0.05, 0.1) is 12.3 Å². The van der Waals surface area contributed by atoms with Gasteiger partial charge in [-0.25, -0.2) is 4.98 Å². The third-order valence-electron chi connectivity index (χ3n) is 3.49. The van der Waals surface area contributed by atoms with Crippen LogP contribution in [0.15, 0.2) is 54.6 Å². The Bertz CT molecular complexity index is 826. The van der Waals surface area contributed by atoms with Crippen molar-refractivity contribution in [3.63, 3.8) is 0 Å². The number of ether oxygens (including phenoxy) is 1. The number of rotatable bonds is 5. The molecule has 2 aromatic carbocycles. The number of benzene rings is 2. The summed E-state index contributed by atoms with van der Waals surface area (Å²) >= 11 is 1.48. The molecule has 0 unspecified atom stereocenters. The molecule has 4 nitrogen and oxygen atoms in total. The van der Waals surface area contributed by atoms with Gasteiger partial charge < -0.3 is 4.74 Å². The van der Waals surface area contributed by atoms with Gasteiger partial charge in [-0.1, -0.05) is 30.3 Å². The van der Waals surface area contributed by atoms with Crippen molar-refractivity contribution in [2.24, 2.45) is 0 Å². The minimum Gasteiger partial charge on any atom is -0.494 e. The molecular weight excluding hydrogens is 320 g/mol.